The maximum Gasteiger partial charge on any atom is 0.403 e. The molecule has 156 valence electrons. The van der Waals surface area contributed by atoms with Crippen LogP contribution in [-0.2, 0) is 6.54 Å². The Labute approximate surface area is 175 Å². The van der Waals surface area contributed by atoms with Gasteiger partial charge in [-0.3, -0.25) is 9.89 Å². The third-order valence-corrected chi connectivity index (χ3v) is 4.52. The van der Waals surface area contributed by atoms with Crippen LogP contribution in [0.3, 0.4) is 0 Å². The lowest BCUT2D eigenvalue weighted by Crippen LogP contribution is -2.56. The summed E-state index contributed by atoms with van der Waals surface area (Å²) < 4.78 is 40.5. The number of hydrogen-bond acceptors (Lipinski definition) is 4. The fraction of sp³-hybridized carbons (Fsp3) is 0.812. The summed E-state index contributed by atoms with van der Waals surface area (Å²) in [5.74, 6) is 0.788. The van der Waals surface area contributed by atoms with Crippen LogP contribution in [0.25, 0.3) is 0 Å². The molecule has 1 N–H and O–H groups in total. The molecule has 0 aliphatic carbocycles. The number of alkyl halides is 3. The van der Waals surface area contributed by atoms with Crippen molar-refractivity contribution >= 4 is 29.9 Å². The maximum absolute atomic E-state index is 12.9. The number of aryl methyl sites for hydroxylation is 1. The molecule has 0 amide bonds. The first-order valence-corrected chi connectivity index (χ1v) is 9.08. The standard InChI is InChI=1S/C16H28F3N7.HI/c1-3-20-15(21-6-4-5-7-24-12-22-23-13-24)26-10-8-25(9-11-26)14(2)16(17,18)19;/h12-14H,3-11H2,1-2H3,(H,20,21);1H. The zero-order valence-electron chi connectivity index (χ0n) is 15.8. The average Bonchev–Trinajstić information content (AvgIpc) is 3.13. The smallest absolute Gasteiger partial charge is 0.357 e. The molecule has 0 saturated carbocycles. The number of nitrogens with one attached hydrogen (secondary N) is 1. The molecule has 7 nitrogen and oxygen atoms in total. The number of aromatic nitrogens is 3. The minimum atomic E-state index is -4.18. The molecule has 27 heavy (non-hydrogen) atoms. The van der Waals surface area contributed by atoms with E-state index in [2.05, 4.69) is 20.5 Å². The van der Waals surface area contributed by atoms with Gasteiger partial charge in [0.2, 0.25) is 0 Å². The lowest BCUT2D eigenvalue weighted by molar-refractivity contribution is -0.181. The quantitative estimate of drug-likeness (QED) is 0.268. The predicted octanol–water partition coefficient (Wildman–Crippen LogP) is 2.21. The first-order valence-electron chi connectivity index (χ1n) is 9.08. The van der Waals surface area contributed by atoms with Crippen molar-refractivity contribution in [1.29, 1.82) is 0 Å². The summed E-state index contributed by atoms with van der Waals surface area (Å²) >= 11 is 0. The van der Waals surface area contributed by atoms with E-state index >= 15 is 0 Å². The SMILES string of the molecule is CCNC(=NCCCCn1cnnc1)N1CCN(C(C)C(F)(F)F)CC1.I. The molecule has 2 rings (SSSR count). The van der Waals surface area contributed by atoms with Gasteiger partial charge >= 0.3 is 6.18 Å². The van der Waals surface area contributed by atoms with Crippen LogP contribution in [0.1, 0.15) is 26.7 Å². The summed E-state index contributed by atoms with van der Waals surface area (Å²) in [4.78, 5) is 8.15. The van der Waals surface area contributed by atoms with Crippen LogP contribution in [0.4, 0.5) is 13.2 Å². The van der Waals surface area contributed by atoms with Gasteiger partial charge in [-0.1, -0.05) is 0 Å². The average molecular weight is 503 g/mol. The highest BCUT2D eigenvalue weighted by Gasteiger charge is 2.41. The molecule has 0 bridgehead atoms. The van der Waals surface area contributed by atoms with Crippen molar-refractivity contribution in [1.82, 2.24) is 29.9 Å². The maximum atomic E-state index is 12.9. The molecule has 1 aromatic heterocycles. The molecule has 1 fully saturated rings. The van der Waals surface area contributed by atoms with Crippen LogP contribution in [0.5, 0.6) is 0 Å². The van der Waals surface area contributed by atoms with E-state index in [1.807, 2.05) is 16.4 Å². The van der Waals surface area contributed by atoms with Gasteiger partial charge in [0.1, 0.15) is 18.7 Å². The van der Waals surface area contributed by atoms with Crippen molar-refractivity contribution in [2.45, 2.75) is 45.5 Å². The molecule has 0 aromatic carbocycles. The van der Waals surface area contributed by atoms with Gasteiger partial charge in [0.25, 0.3) is 0 Å². The Balaban J connectivity index is 0.00000364. The second-order valence-electron chi connectivity index (χ2n) is 6.38. The van der Waals surface area contributed by atoms with Crippen LogP contribution in [0.2, 0.25) is 0 Å². The summed E-state index contributed by atoms with van der Waals surface area (Å²) in [5.41, 5.74) is 0. The van der Waals surface area contributed by atoms with E-state index in [-0.39, 0.29) is 24.0 Å². The van der Waals surface area contributed by atoms with E-state index in [9.17, 15) is 13.2 Å². The van der Waals surface area contributed by atoms with Crippen LogP contribution in [0, 0.1) is 0 Å². The van der Waals surface area contributed by atoms with Crippen molar-refractivity contribution in [3.8, 4) is 0 Å². The number of nitrogens with zero attached hydrogens (tertiary/aromatic N) is 6. The third kappa shape index (κ3) is 7.80. The number of guanidine groups is 1. The number of aliphatic imine (C=N–C) groups is 1. The summed E-state index contributed by atoms with van der Waals surface area (Å²) in [7, 11) is 0. The Morgan fingerprint density at radius 1 is 1.15 bits per heavy atom. The summed E-state index contributed by atoms with van der Waals surface area (Å²) in [5, 5.41) is 10.8. The number of rotatable bonds is 7. The zero-order valence-corrected chi connectivity index (χ0v) is 18.2. The van der Waals surface area contributed by atoms with Crippen LogP contribution in [0.15, 0.2) is 17.6 Å². The van der Waals surface area contributed by atoms with E-state index in [1.165, 1.54) is 11.8 Å². The van der Waals surface area contributed by atoms with Crippen molar-refractivity contribution in [3.63, 3.8) is 0 Å². The fourth-order valence-corrected chi connectivity index (χ4v) is 2.88. The van der Waals surface area contributed by atoms with Gasteiger partial charge in [-0.2, -0.15) is 13.2 Å². The third-order valence-electron chi connectivity index (χ3n) is 4.52. The Hall–Kier alpha value is -1.11. The first kappa shape index (κ1) is 23.9. The minimum Gasteiger partial charge on any atom is -0.357 e. The lowest BCUT2D eigenvalue weighted by Gasteiger charge is -2.39. The minimum absolute atomic E-state index is 0. The molecule has 1 atom stereocenters. The number of unbranched alkanes of at least 4 members (excludes halogenated alkanes) is 1. The van der Waals surface area contributed by atoms with Gasteiger partial charge in [-0.25, -0.2) is 0 Å². The fourth-order valence-electron chi connectivity index (χ4n) is 2.88. The highest BCUT2D eigenvalue weighted by Crippen LogP contribution is 2.25. The van der Waals surface area contributed by atoms with E-state index in [0.717, 1.165) is 31.9 Å². The van der Waals surface area contributed by atoms with E-state index in [1.54, 1.807) is 12.7 Å². The Morgan fingerprint density at radius 3 is 2.33 bits per heavy atom. The van der Waals surface area contributed by atoms with Crippen LogP contribution in [-0.4, -0.2) is 82.0 Å². The van der Waals surface area contributed by atoms with Gasteiger partial charge < -0.3 is 14.8 Å². The van der Waals surface area contributed by atoms with Crippen LogP contribution < -0.4 is 5.32 Å². The van der Waals surface area contributed by atoms with Crippen molar-refractivity contribution in [3.05, 3.63) is 12.7 Å². The number of hydrogen-bond donors (Lipinski definition) is 1. The largest absolute Gasteiger partial charge is 0.403 e. The van der Waals surface area contributed by atoms with Gasteiger partial charge in [-0.05, 0) is 26.7 Å². The summed E-state index contributed by atoms with van der Waals surface area (Å²) in [6, 6.07) is -1.40. The second kappa shape index (κ2) is 11.7. The first-order chi connectivity index (χ1) is 12.4. The molecule has 11 heteroatoms. The number of halogens is 4. The zero-order chi connectivity index (χ0) is 19.0. The molecule has 1 aliphatic heterocycles. The van der Waals surface area contributed by atoms with Crippen molar-refractivity contribution < 1.29 is 13.2 Å². The number of piperazine rings is 1. The summed E-state index contributed by atoms with van der Waals surface area (Å²) in [6.45, 7) is 7.36. The van der Waals surface area contributed by atoms with E-state index < -0.39 is 12.2 Å². The van der Waals surface area contributed by atoms with E-state index in [0.29, 0.717) is 32.7 Å². The van der Waals surface area contributed by atoms with Gasteiger partial charge in [-0.15, -0.1) is 34.2 Å². The predicted molar refractivity (Wildman–Crippen MR) is 109 cm³/mol. The van der Waals surface area contributed by atoms with Crippen molar-refractivity contribution in [2.75, 3.05) is 39.3 Å². The molecule has 1 aromatic rings. The molecule has 1 aliphatic rings. The van der Waals surface area contributed by atoms with Crippen LogP contribution >= 0.6 is 24.0 Å². The van der Waals surface area contributed by atoms with E-state index in [4.69, 9.17) is 0 Å². The van der Waals surface area contributed by atoms with Gasteiger partial charge in [0.15, 0.2) is 5.96 Å². The normalized spacial score (nSPS) is 17.5. The lowest BCUT2D eigenvalue weighted by atomic mass is 10.2. The Bertz CT molecular complexity index is 543. The van der Waals surface area contributed by atoms with Gasteiger partial charge in [0, 0.05) is 45.8 Å². The molecule has 0 spiro atoms. The molecule has 0 radical (unpaired) electrons. The second-order valence-corrected chi connectivity index (χ2v) is 6.38. The highest BCUT2D eigenvalue weighted by atomic mass is 127. The molecule has 1 unspecified atom stereocenters. The van der Waals surface area contributed by atoms with Crippen molar-refractivity contribution in [2.24, 2.45) is 4.99 Å². The van der Waals surface area contributed by atoms with Gasteiger partial charge in [0.05, 0.1) is 0 Å². The highest BCUT2D eigenvalue weighted by molar-refractivity contribution is 14.0. The Morgan fingerprint density at radius 2 is 1.78 bits per heavy atom. The monoisotopic (exact) mass is 503 g/mol. The molecule has 1 saturated heterocycles. The molecular formula is C16H29F3IN7. The molecular weight excluding hydrogens is 474 g/mol. The topological polar surface area (TPSA) is 61.6 Å². The molecule has 2 heterocycles. The Kier molecular flexibility index (Phi) is 10.3. The summed E-state index contributed by atoms with van der Waals surface area (Å²) in [6.07, 6.45) is 1.10.